The molecule has 0 aliphatic carbocycles. The van der Waals surface area contributed by atoms with E-state index in [1.54, 1.807) is 12.1 Å². The van der Waals surface area contributed by atoms with Crippen molar-refractivity contribution < 1.29 is 28.5 Å². The molecule has 4 amide bonds. The third kappa shape index (κ3) is 13.8. The van der Waals surface area contributed by atoms with E-state index in [1.807, 2.05) is 27.7 Å². The number of benzene rings is 2. The Hall–Kier alpha value is -2.54. The fourth-order valence-electron chi connectivity index (χ4n) is 3.64. The van der Waals surface area contributed by atoms with E-state index < -0.39 is 36.1 Å². The second-order valence-electron chi connectivity index (χ2n) is 10.4. The zero-order valence-electron chi connectivity index (χ0n) is 24.1. The lowest BCUT2D eigenvalue weighted by atomic mass is 10.1. The van der Waals surface area contributed by atoms with E-state index in [2.05, 4.69) is 21.3 Å². The van der Waals surface area contributed by atoms with Crippen molar-refractivity contribution in [1.29, 1.82) is 0 Å². The van der Waals surface area contributed by atoms with E-state index in [9.17, 15) is 19.2 Å². The van der Waals surface area contributed by atoms with Gasteiger partial charge in [-0.05, 0) is 61.1 Å². The van der Waals surface area contributed by atoms with Gasteiger partial charge in [-0.25, -0.2) is 0 Å². The summed E-state index contributed by atoms with van der Waals surface area (Å²) in [6.07, 6.45) is -0.703. The number of amides is 4. The average molecular weight is 675 g/mol. The average Bonchev–Trinajstić information content (AvgIpc) is 2.92. The Balaban J connectivity index is 1.88. The van der Waals surface area contributed by atoms with Gasteiger partial charge in [0.1, 0.15) is 12.5 Å². The van der Waals surface area contributed by atoms with Crippen LogP contribution >= 0.6 is 46.4 Å². The maximum Gasteiger partial charge on any atom is 0.491 e. The largest absolute Gasteiger partial charge is 0.491 e. The van der Waals surface area contributed by atoms with E-state index >= 15 is 0 Å². The van der Waals surface area contributed by atoms with Gasteiger partial charge >= 0.3 is 7.69 Å². The van der Waals surface area contributed by atoms with Crippen LogP contribution in [0.4, 0.5) is 0 Å². The molecule has 0 fully saturated rings. The summed E-state index contributed by atoms with van der Waals surface area (Å²) < 4.78 is 11.3. The molecule has 0 aliphatic rings. The highest BCUT2D eigenvalue weighted by atomic mass is 35.5. The van der Waals surface area contributed by atoms with Crippen molar-refractivity contribution in [2.75, 3.05) is 13.1 Å². The third-order valence-corrected chi connectivity index (χ3v) is 6.75. The minimum atomic E-state index is -0.781. The SMILES string of the molecule is CC(C)C[C@H](NC(=O)CNC(=O)c1cc(Cl)ccc1Cl)O[B]O[C@H](CC(C)C)NC(=O)CNC(=O)c1cc(Cl)ccc1Cl. The zero-order valence-corrected chi connectivity index (χ0v) is 27.2. The molecule has 15 heteroatoms. The van der Waals surface area contributed by atoms with Crippen molar-refractivity contribution in [3.63, 3.8) is 0 Å². The fraction of sp³-hybridized carbons (Fsp3) is 0.429. The van der Waals surface area contributed by atoms with E-state index in [-0.39, 0.29) is 46.1 Å². The van der Waals surface area contributed by atoms with Gasteiger partial charge in [-0.3, -0.25) is 19.2 Å². The molecule has 2 aromatic rings. The Morgan fingerprint density at radius 3 is 1.40 bits per heavy atom. The molecule has 2 aromatic carbocycles. The Morgan fingerprint density at radius 1 is 0.674 bits per heavy atom. The molecule has 2 atom stereocenters. The van der Waals surface area contributed by atoms with Crippen LogP contribution in [0.5, 0.6) is 0 Å². The van der Waals surface area contributed by atoms with E-state index in [0.29, 0.717) is 22.9 Å². The van der Waals surface area contributed by atoms with E-state index in [4.69, 9.17) is 55.7 Å². The van der Waals surface area contributed by atoms with Crippen LogP contribution in [0.25, 0.3) is 0 Å². The molecule has 43 heavy (non-hydrogen) atoms. The maximum absolute atomic E-state index is 12.6. The number of nitrogens with one attached hydrogen (secondary N) is 4. The Labute approximate surface area is 272 Å². The number of hydrogen-bond acceptors (Lipinski definition) is 6. The van der Waals surface area contributed by atoms with Gasteiger partial charge < -0.3 is 30.6 Å². The van der Waals surface area contributed by atoms with Gasteiger partial charge in [0, 0.05) is 10.0 Å². The van der Waals surface area contributed by atoms with Crippen molar-refractivity contribution in [2.24, 2.45) is 11.8 Å². The van der Waals surface area contributed by atoms with Crippen molar-refractivity contribution in [2.45, 2.75) is 53.0 Å². The van der Waals surface area contributed by atoms with Gasteiger partial charge in [-0.1, -0.05) is 74.1 Å². The molecule has 4 N–H and O–H groups in total. The molecular weight excluding hydrogens is 641 g/mol. The highest BCUT2D eigenvalue weighted by molar-refractivity contribution is 6.36. The third-order valence-electron chi connectivity index (χ3n) is 5.62. The molecule has 0 saturated heterocycles. The standard InChI is InChI=1S/C28H34BCl4N4O6/c1-15(2)9-25(36-23(38)13-34-27(40)19-11-17(30)5-7-21(19)32)42-29-43-26(10-16(3)4)37-24(39)14-35-28(41)20-12-18(31)6-8-22(20)33/h5-8,11-12,15-16,25-26H,9-10,13-14H2,1-4H3,(H,34,40)(H,35,41)(H,36,38)(H,37,39)/t25-,26-/m1/s1. The molecular formula is C28H34BCl4N4O6. The van der Waals surface area contributed by atoms with Crippen LogP contribution in [0.2, 0.25) is 20.1 Å². The van der Waals surface area contributed by atoms with Crippen molar-refractivity contribution in [3.05, 3.63) is 67.6 Å². The van der Waals surface area contributed by atoms with Crippen molar-refractivity contribution >= 4 is 77.7 Å². The topological polar surface area (TPSA) is 135 Å². The summed E-state index contributed by atoms with van der Waals surface area (Å²) in [7, 11) is 1.05. The van der Waals surface area contributed by atoms with Crippen LogP contribution in [0, 0.1) is 11.8 Å². The summed E-state index contributed by atoms with van der Waals surface area (Å²) in [5, 5.41) is 11.4. The maximum atomic E-state index is 12.6. The molecule has 2 rings (SSSR count). The highest BCUT2D eigenvalue weighted by Gasteiger charge is 2.21. The van der Waals surface area contributed by atoms with Crippen LogP contribution in [0.3, 0.4) is 0 Å². The Morgan fingerprint density at radius 2 is 1.05 bits per heavy atom. The highest BCUT2D eigenvalue weighted by Crippen LogP contribution is 2.21. The summed E-state index contributed by atoms with van der Waals surface area (Å²) in [5.74, 6) is -1.85. The molecule has 233 valence electrons. The minimum absolute atomic E-state index is 0.140. The lowest BCUT2D eigenvalue weighted by molar-refractivity contribution is -0.123. The summed E-state index contributed by atoms with van der Waals surface area (Å²) >= 11 is 24.0. The lowest BCUT2D eigenvalue weighted by Gasteiger charge is -2.24. The summed E-state index contributed by atoms with van der Waals surface area (Å²) in [5.41, 5.74) is 0.287. The van der Waals surface area contributed by atoms with Crippen LogP contribution in [0.1, 0.15) is 61.3 Å². The second-order valence-corrected chi connectivity index (χ2v) is 12.0. The van der Waals surface area contributed by atoms with Gasteiger partial charge in [0.05, 0.1) is 34.3 Å². The molecule has 0 heterocycles. The zero-order chi connectivity index (χ0) is 32.1. The first kappa shape index (κ1) is 36.7. The normalized spacial score (nSPS) is 12.4. The van der Waals surface area contributed by atoms with Gasteiger partial charge in [0.2, 0.25) is 11.8 Å². The second kappa shape index (κ2) is 18.3. The molecule has 0 aliphatic heterocycles. The first-order valence-corrected chi connectivity index (χ1v) is 14.9. The van der Waals surface area contributed by atoms with Crippen LogP contribution in [-0.4, -0.2) is 56.9 Å². The molecule has 0 spiro atoms. The first-order chi connectivity index (χ1) is 20.2. The predicted molar refractivity (Wildman–Crippen MR) is 168 cm³/mol. The first-order valence-electron chi connectivity index (χ1n) is 13.4. The van der Waals surface area contributed by atoms with Crippen molar-refractivity contribution in [1.82, 2.24) is 21.3 Å². The van der Waals surface area contributed by atoms with Crippen molar-refractivity contribution in [3.8, 4) is 0 Å². The molecule has 0 saturated carbocycles. The van der Waals surface area contributed by atoms with Crippen LogP contribution in [-0.2, 0) is 18.9 Å². The smallest absolute Gasteiger partial charge is 0.393 e. The summed E-state index contributed by atoms with van der Waals surface area (Å²) in [6, 6.07) is 8.89. The molecule has 1 radical (unpaired) electrons. The van der Waals surface area contributed by atoms with Gasteiger partial charge in [-0.15, -0.1) is 0 Å². The van der Waals surface area contributed by atoms with Gasteiger partial charge in [0.15, 0.2) is 0 Å². The number of carbonyl (C=O) groups is 4. The quantitative estimate of drug-likeness (QED) is 0.146. The monoisotopic (exact) mass is 673 g/mol. The van der Waals surface area contributed by atoms with Gasteiger partial charge in [0.25, 0.3) is 11.8 Å². The summed E-state index contributed by atoms with van der Waals surface area (Å²) in [6.45, 7) is 7.10. The van der Waals surface area contributed by atoms with Gasteiger partial charge in [-0.2, -0.15) is 0 Å². The van der Waals surface area contributed by atoms with Crippen LogP contribution < -0.4 is 21.3 Å². The molecule has 10 nitrogen and oxygen atoms in total. The Kier molecular flexibility index (Phi) is 15.6. The van der Waals surface area contributed by atoms with E-state index in [0.717, 1.165) is 7.69 Å². The predicted octanol–water partition coefficient (Wildman–Crippen LogP) is 5.00. The molecule has 0 aromatic heterocycles. The fourth-order valence-corrected chi connectivity index (χ4v) is 4.39. The Bertz CT molecular complexity index is 1190. The molecule has 0 bridgehead atoms. The number of carbonyl (C=O) groups excluding carboxylic acids is 4. The number of halogens is 4. The van der Waals surface area contributed by atoms with E-state index in [1.165, 1.54) is 24.3 Å². The lowest BCUT2D eigenvalue weighted by Crippen LogP contribution is -2.46. The van der Waals surface area contributed by atoms with Crippen LogP contribution in [0.15, 0.2) is 36.4 Å². The minimum Gasteiger partial charge on any atom is -0.393 e. The summed E-state index contributed by atoms with van der Waals surface area (Å²) in [4.78, 5) is 50.0. The molecule has 0 unspecified atom stereocenters. The number of hydrogen-bond donors (Lipinski definition) is 4. The number of rotatable bonds is 16.